The number of nitrogens with zero attached hydrogens (tertiary/aromatic N) is 1. The second-order valence-electron chi connectivity index (χ2n) is 7.78. The van der Waals surface area contributed by atoms with Crippen LogP contribution >= 0.6 is 11.3 Å². The van der Waals surface area contributed by atoms with Gasteiger partial charge in [0.1, 0.15) is 0 Å². The first-order valence-corrected chi connectivity index (χ1v) is 11.5. The minimum atomic E-state index is -0.153. The predicted molar refractivity (Wildman–Crippen MR) is 124 cm³/mol. The Morgan fingerprint density at radius 3 is 2.34 bits per heavy atom. The van der Waals surface area contributed by atoms with Crippen LogP contribution in [0.25, 0.3) is 0 Å². The Balaban J connectivity index is 1.27. The van der Waals surface area contributed by atoms with Gasteiger partial charge in [-0.05, 0) is 46.7 Å². The SMILES string of the molecule is O=C(NCc1cccc(CN2CCCC2=O)c1)c1ccc(CNC(=O)c2cccs2)cc1. The first-order chi connectivity index (χ1) is 15.6. The van der Waals surface area contributed by atoms with E-state index < -0.39 is 0 Å². The summed E-state index contributed by atoms with van der Waals surface area (Å²) in [6, 6.07) is 18.8. The average molecular weight is 448 g/mol. The van der Waals surface area contributed by atoms with Crippen molar-refractivity contribution in [2.75, 3.05) is 6.54 Å². The smallest absolute Gasteiger partial charge is 0.261 e. The normalized spacial score (nSPS) is 13.2. The summed E-state index contributed by atoms with van der Waals surface area (Å²) in [5.41, 5.74) is 3.56. The van der Waals surface area contributed by atoms with Crippen molar-refractivity contribution in [3.05, 3.63) is 93.2 Å². The highest BCUT2D eigenvalue weighted by Crippen LogP contribution is 2.15. The highest BCUT2D eigenvalue weighted by atomic mass is 32.1. The molecule has 0 radical (unpaired) electrons. The van der Waals surface area contributed by atoms with Crippen molar-refractivity contribution in [1.82, 2.24) is 15.5 Å². The van der Waals surface area contributed by atoms with Gasteiger partial charge >= 0.3 is 0 Å². The minimum absolute atomic E-state index is 0.0989. The summed E-state index contributed by atoms with van der Waals surface area (Å²) in [5, 5.41) is 7.69. The molecule has 7 heteroatoms. The molecule has 1 aromatic heterocycles. The molecule has 0 atom stereocenters. The maximum atomic E-state index is 12.5. The van der Waals surface area contributed by atoms with E-state index in [1.807, 2.05) is 52.7 Å². The third-order valence-corrected chi connectivity index (χ3v) is 6.27. The van der Waals surface area contributed by atoms with E-state index in [0.717, 1.165) is 29.7 Å². The van der Waals surface area contributed by atoms with Crippen molar-refractivity contribution in [3.63, 3.8) is 0 Å². The number of hydrogen-bond donors (Lipinski definition) is 2. The molecule has 164 valence electrons. The number of carbonyl (C=O) groups excluding carboxylic acids is 3. The van der Waals surface area contributed by atoms with Crippen LogP contribution in [-0.4, -0.2) is 29.2 Å². The molecule has 0 saturated carbocycles. The average Bonchev–Trinajstić information content (AvgIpc) is 3.49. The monoisotopic (exact) mass is 447 g/mol. The first-order valence-electron chi connectivity index (χ1n) is 10.6. The Morgan fingerprint density at radius 2 is 1.62 bits per heavy atom. The van der Waals surface area contributed by atoms with E-state index in [1.165, 1.54) is 11.3 Å². The summed E-state index contributed by atoms with van der Waals surface area (Å²) in [6.07, 6.45) is 1.56. The van der Waals surface area contributed by atoms with Crippen LogP contribution in [0.3, 0.4) is 0 Å². The van der Waals surface area contributed by atoms with Crippen LogP contribution in [0.5, 0.6) is 0 Å². The third-order valence-electron chi connectivity index (χ3n) is 5.40. The van der Waals surface area contributed by atoms with Gasteiger partial charge in [0.15, 0.2) is 0 Å². The molecule has 0 spiro atoms. The Bertz CT molecular complexity index is 1090. The van der Waals surface area contributed by atoms with Gasteiger partial charge in [-0.25, -0.2) is 0 Å². The largest absolute Gasteiger partial charge is 0.348 e. The Labute approximate surface area is 191 Å². The summed E-state index contributed by atoms with van der Waals surface area (Å²) in [4.78, 5) is 38.9. The summed E-state index contributed by atoms with van der Waals surface area (Å²) in [5.74, 6) is -0.0457. The summed E-state index contributed by atoms with van der Waals surface area (Å²) >= 11 is 1.40. The highest BCUT2D eigenvalue weighted by Gasteiger charge is 2.20. The predicted octanol–water partition coefficient (Wildman–Crippen LogP) is 3.73. The lowest BCUT2D eigenvalue weighted by molar-refractivity contribution is -0.128. The van der Waals surface area contributed by atoms with Crippen LogP contribution in [0.1, 0.15) is 49.6 Å². The van der Waals surface area contributed by atoms with Crippen molar-refractivity contribution in [2.24, 2.45) is 0 Å². The molecule has 4 rings (SSSR count). The van der Waals surface area contributed by atoms with Crippen LogP contribution < -0.4 is 10.6 Å². The van der Waals surface area contributed by atoms with E-state index in [-0.39, 0.29) is 17.7 Å². The van der Waals surface area contributed by atoms with Crippen LogP contribution in [0.2, 0.25) is 0 Å². The molecular weight excluding hydrogens is 422 g/mol. The lowest BCUT2D eigenvalue weighted by Crippen LogP contribution is -2.25. The Morgan fingerprint density at radius 1 is 0.875 bits per heavy atom. The molecular formula is C25H25N3O3S. The molecule has 1 aliphatic heterocycles. The quantitative estimate of drug-likeness (QED) is 0.552. The van der Waals surface area contributed by atoms with Crippen molar-refractivity contribution in [3.8, 4) is 0 Å². The van der Waals surface area contributed by atoms with Gasteiger partial charge in [0.05, 0.1) is 4.88 Å². The van der Waals surface area contributed by atoms with Gasteiger partial charge in [-0.3, -0.25) is 14.4 Å². The van der Waals surface area contributed by atoms with E-state index in [9.17, 15) is 14.4 Å². The molecule has 2 aromatic carbocycles. The number of hydrogen-bond acceptors (Lipinski definition) is 4. The fourth-order valence-corrected chi connectivity index (χ4v) is 4.31. The van der Waals surface area contributed by atoms with E-state index in [0.29, 0.717) is 36.5 Å². The first kappa shape index (κ1) is 21.8. The van der Waals surface area contributed by atoms with Crippen molar-refractivity contribution in [2.45, 2.75) is 32.5 Å². The molecule has 1 fully saturated rings. The number of nitrogens with one attached hydrogen (secondary N) is 2. The maximum absolute atomic E-state index is 12.5. The standard InChI is InChI=1S/C25H25N3O3S/c29-23-7-2-12-28(23)17-20-5-1-4-19(14-20)16-26-24(30)21-10-8-18(9-11-21)15-27-25(31)22-6-3-13-32-22/h1,3-6,8-11,13-14H,2,7,12,15-17H2,(H,26,30)(H,27,31). The molecule has 6 nitrogen and oxygen atoms in total. The minimum Gasteiger partial charge on any atom is -0.348 e. The molecule has 2 heterocycles. The van der Waals surface area contributed by atoms with Crippen molar-refractivity contribution in [1.29, 1.82) is 0 Å². The van der Waals surface area contributed by atoms with Crippen molar-refractivity contribution < 1.29 is 14.4 Å². The second-order valence-corrected chi connectivity index (χ2v) is 8.73. The van der Waals surface area contributed by atoms with Gasteiger partial charge in [0.2, 0.25) is 5.91 Å². The molecule has 1 aliphatic rings. The lowest BCUT2D eigenvalue weighted by atomic mass is 10.1. The summed E-state index contributed by atoms with van der Waals surface area (Å²) in [7, 11) is 0. The van der Waals surface area contributed by atoms with E-state index in [4.69, 9.17) is 0 Å². The number of amides is 3. The molecule has 1 saturated heterocycles. The topological polar surface area (TPSA) is 78.5 Å². The fraction of sp³-hybridized carbons (Fsp3) is 0.240. The van der Waals surface area contributed by atoms with E-state index >= 15 is 0 Å². The second kappa shape index (κ2) is 10.2. The summed E-state index contributed by atoms with van der Waals surface area (Å²) in [6.45, 7) is 2.25. The third kappa shape index (κ3) is 5.62. The van der Waals surface area contributed by atoms with E-state index in [2.05, 4.69) is 10.6 Å². The van der Waals surface area contributed by atoms with Gasteiger partial charge in [0.25, 0.3) is 11.8 Å². The molecule has 3 aromatic rings. The number of benzene rings is 2. The fourth-order valence-electron chi connectivity index (χ4n) is 3.67. The van der Waals surface area contributed by atoms with Crippen molar-refractivity contribution >= 4 is 29.1 Å². The van der Waals surface area contributed by atoms with Crippen LogP contribution in [0.15, 0.2) is 66.0 Å². The number of thiophene rings is 1. The van der Waals surface area contributed by atoms with Gasteiger partial charge in [-0.15, -0.1) is 11.3 Å². The molecule has 2 N–H and O–H groups in total. The Hall–Kier alpha value is -3.45. The van der Waals surface area contributed by atoms with Crippen LogP contribution in [0, 0.1) is 0 Å². The molecule has 0 aliphatic carbocycles. The number of rotatable bonds is 8. The van der Waals surface area contributed by atoms with Gasteiger partial charge < -0.3 is 15.5 Å². The highest BCUT2D eigenvalue weighted by molar-refractivity contribution is 7.12. The molecule has 3 amide bonds. The van der Waals surface area contributed by atoms with E-state index in [1.54, 1.807) is 18.2 Å². The van der Waals surface area contributed by atoms with Gasteiger partial charge in [-0.1, -0.05) is 42.5 Å². The van der Waals surface area contributed by atoms with Gasteiger partial charge in [-0.2, -0.15) is 0 Å². The van der Waals surface area contributed by atoms with Crippen LogP contribution in [-0.2, 0) is 24.4 Å². The maximum Gasteiger partial charge on any atom is 0.261 e. The molecule has 0 bridgehead atoms. The number of carbonyl (C=O) groups is 3. The molecule has 32 heavy (non-hydrogen) atoms. The number of likely N-dealkylation sites (tertiary alicyclic amines) is 1. The molecule has 0 unspecified atom stereocenters. The zero-order valence-corrected chi connectivity index (χ0v) is 18.5. The zero-order valence-electron chi connectivity index (χ0n) is 17.7. The summed E-state index contributed by atoms with van der Waals surface area (Å²) < 4.78 is 0. The van der Waals surface area contributed by atoms with Gasteiger partial charge in [0, 0.05) is 38.2 Å². The zero-order chi connectivity index (χ0) is 22.3. The van der Waals surface area contributed by atoms with Crippen LogP contribution in [0.4, 0.5) is 0 Å². The lowest BCUT2D eigenvalue weighted by Gasteiger charge is -2.16. The Kier molecular flexibility index (Phi) is 6.97.